The van der Waals surface area contributed by atoms with Crippen LogP contribution in [-0.4, -0.2) is 67.6 Å². The Morgan fingerprint density at radius 2 is 1.66 bits per heavy atom. The molecule has 4 rings (SSSR count). The SMILES string of the molecule is O=Nc1ccc(OC2CCN(C(=O)CCN3CCN(c4ccccc4)CC3)CC2)cc1C(F)(F)F. The molecule has 2 saturated heterocycles. The van der Waals surface area contributed by atoms with Crippen molar-refractivity contribution in [3.05, 3.63) is 59.0 Å². The molecule has 188 valence electrons. The highest BCUT2D eigenvalue weighted by atomic mass is 19.4. The molecule has 0 saturated carbocycles. The Labute approximate surface area is 202 Å². The van der Waals surface area contributed by atoms with Crippen LogP contribution >= 0.6 is 0 Å². The summed E-state index contributed by atoms with van der Waals surface area (Å²) in [6, 6.07) is 13.5. The summed E-state index contributed by atoms with van der Waals surface area (Å²) in [4.78, 5) is 29.8. The van der Waals surface area contributed by atoms with Gasteiger partial charge in [-0.25, -0.2) is 0 Å². The van der Waals surface area contributed by atoms with Crippen molar-refractivity contribution >= 4 is 17.3 Å². The maximum Gasteiger partial charge on any atom is 0.418 e. The summed E-state index contributed by atoms with van der Waals surface area (Å²) in [5.74, 6) is 0.138. The summed E-state index contributed by atoms with van der Waals surface area (Å²) in [6.07, 6.45) is -3.45. The normalized spacial score (nSPS) is 17.9. The van der Waals surface area contributed by atoms with Gasteiger partial charge in [0, 0.05) is 70.8 Å². The van der Waals surface area contributed by atoms with Crippen molar-refractivity contribution < 1.29 is 22.7 Å². The van der Waals surface area contributed by atoms with Crippen molar-refractivity contribution in [3.8, 4) is 5.75 Å². The number of para-hydroxylation sites is 1. The Morgan fingerprint density at radius 3 is 2.29 bits per heavy atom. The molecule has 0 spiro atoms. The Hall–Kier alpha value is -3.14. The number of ether oxygens (including phenoxy) is 1. The third-order valence-corrected chi connectivity index (χ3v) is 6.60. The second-order valence-corrected chi connectivity index (χ2v) is 8.88. The maximum absolute atomic E-state index is 13.1. The lowest BCUT2D eigenvalue weighted by Gasteiger charge is -2.37. The number of carbonyl (C=O) groups is 1. The number of amides is 1. The van der Waals surface area contributed by atoms with Crippen molar-refractivity contribution in [1.29, 1.82) is 0 Å². The second kappa shape index (κ2) is 11.1. The third-order valence-electron chi connectivity index (χ3n) is 6.60. The van der Waals surface area contributed by atoms with E-state index in [1.165, 1.54) is 11.8 Å². The minimum atomic E-state index is -4.69. The zero-order chi connectivity index (χ0) is 24.8. The third kappa shape index (κ3) is 6.50. The zero-order valence-corrected chi connectivity index (χ0v) is 19.4. The molecular formula is C25H29F3N4O3. The fraction of sp³-hybridized carbons (Fsp3) is 0.480. The number of nitrogens with zero attached hydrogens (tertiary/aromatic N) is 4. The summed E-state index contributed by atoms with van der Waals surface area (Å²) in [6.45, 7) is 5.42. The Balaban J connectivity index is 1.19. The number of hydrogen-bond acceptors (Lipinski definition) is 6. The van der Waals surface area contributed by atoms with Gasteiger partial charge in [-0.1, -0.05) is 18.2 Å². The van der Waals surface area contributed by atoms with Gasteiger partial charge in [0.2, 0.25) is 5.91 Å². The van der Waals surface area contributed by atoms with Gasteiger partial charge in [0.05, 0.1) is 5.56 Å². The van der Waals surface area contributed by atoms with Gasteiger partial charge in [0.1, 0.15) is 17.5 Å². The fourth-order valence-electron chi connectivity index (χ4n) is 4.59. The summed E-state index contributed by atoms with van der Waals surface area (Å²) in [5.41, 5.74) is -0.548. The molecule has 2 aliphatic heterocycles. The number of benzene rings is 2. The number of carbonyl (C=O) groups excluding carboxylic acids is 1. The van der Waals surface area contributed by atoms with Gasteiger partial charge < -0.3 is 14.5 Å². The van der Waals surface area contributed by atoms with Crippen LogP contribution in [0.1, 0.15) is 24.8 Å². The number of piperazine rings is 1. The first-order valence-electron chi connectivity index (χ1n) is 11.8. The molecule has 2 aromatic carbocycles. The predicted molar refractivity (Wildman–Crippen MR) is 127 cm³/mol. The van der Waals surface area contributed by atoms with Gasteiger partial charge in [0.25, 0.3) is 0 Å². The molecule has 7 nitrogen and oxygen atoms in total. The lowest BCUT2D eigenvalue weighted by Crippen LogP contribution is -2.48. The van der Waals surface area contributed by atoms with Crippen molar-refractivity contribution in [2.75, 3.05) is 50.7 Å². The van der Waals surface area contributed by atoms with Crippen molar-refractivity contribution in [2.24, 2.45) is 5.18 Å². The van der Waals surface area contributed by atoms with E-state index in [2.05, 4.69) is 27.1 Å². The number of alkyl halides is 3. The number of piperidine rings is 1. The van der Waals surface area contributed by atoms with E-state index in [-0.39, 0.29) is 17.8 Å². The molecule has 0 atom stereocenters. The van der Waals surface area contributed by atoms with Crippen LogP contribution in [0.15, 0.2) is 53.7 Å². The van der Waals surface area contributed by atoms with E-state index < -0.39 is 17.4 Å². The van der Waals surface area contributed by atoms with Crippen molar-refractivity contribution in [1.82, 2.24) is 9.80 Å². The second-order valence-electron chi connectivity index (χ2n) is 8.88. The van der Waals surface area contributed by atoms with Crippen LogP contribution in [0.25, 0.3) is 0 Å². The summed E-state index contributed by atoms with van der Waals surface area (Å²) in [7, 11) is 0. The largest absolute Gasteiger partial charge is 0.490 e. The van der Waals surface area contributed by atoms with Crippen LogP contribution in [0.5, 0.6) is 5.75 Å². The van der Waals surface area contributed by atoms with Crippen LogP contribution in [0, 0.1) is 4.91 Å². The molecule has 2 aliphatic rings. The molecule has 0 aromatic heterocycles. The molecule has 1 amide bonds. The molecule has 35 heavy (non-hydrogen) atoms. The van der Waals surface area contributed by atoms with Crippen LogP contribution < -0.4 is 9.64 Å². The van der Waals surface area contributed by atoms with Crippen LogP contribution in [0.3, 0.4) is 0 Å². The van der Waals surface area contributed by atoms with E-state index >= 15 is 0 Å². The summed E-state index contributed by atoms with van der Waals surface area (Å²) < 4.78 is 45.1. The zero-order valence-electron chi connectivity index (χ0n) is 19.4. The molecule has 0 bridgehead atoms. The first kappa shape index (κ1) is 25.0. The quantitative estimate of drug-likeness (QED) is 0.527. The first-order valence-corrected chi connectivity index (χ1v) is 11.8. The van der Waals surface area contributed by atoms with Gasteiger partial charge in [-0.15, -0.1) is 4.91 Å². The fourth-order valence-corrected chi connectivity index (χ4v) is 4.59. The lowest BCUT2D eigenvalue weighted by atomic mass is 10.1. The Kier molecular flexibility index (Phi) is 7.90. The first-order chi connectivity index (χ1) is 16.8. The predicted octanol–water partition coefficient (Wildman–Crippen LogP) is 4.69. The molecule has 0 radical (unpaired) electrons. The average Bonchev–Trinajstić information content (AvgIpc) is 2.88. The Morgan fingerprint density at radius 1 is 0.971 bits per heavy atom. The molecule has 0 N–H and O–H groups in total. The van der Waals surface area contributed by atoms with Gasteiger partial charge in [-0.05, 0) is 35.5 Å². The molecular weight excluding hydrogens is 461 g/mol. The minimum absolute atomic E-state index is 0.0455. The van der Waals surface area contributed by atoms with E-state index in [4.69, 9.17) is 4.74 Å². The Bertz CT molecular complexity index is 1000. The van der Waals surface area contributed by atoms with Crippen LogP contribution in [-0.2, 0) is 11.0 Å². The number of halogens is 3. The maximum atomic E-state index is 13.1. The molecule has 0 aliphatic carbocycles. The van der Waals surface area contributed by atoms with E-state index in [1.807, 2.05) is 18.2 Å². The van der Waals surface area contributed by atoms with Gasteiger partial charge in [0.15, 0.2) is 0 Å². The molecule has 10 heteroatoms. The smallest absolute Gasteiger partial charge is 0.418 e. The van der Waals surface area contributed by atoms with Crippen LogP contribution in [0.2, 0.25) is 0 Å². The number of hydrogen-bond donors (Lipinski definition) is 0. The highest BCUT2D eigenvalue weighted by Gasteiger charge is 2.35. The monoisotopic (exact) mass is 490 g/mol. The average molecular weight is 491 g/mol. The van der Waals surface area contributed by atoms with Crippen molar-refractivity contribution in [2.45, 2.75) is 31.5 Å². The molecule has 0 unspecified atom stereocenters. The van der Waals surface area contributed by atoms with E-state index in [0.717, 1.165) is 44.9 Å². The van der Waals surface area contributed by atoms with Gasteiger partial charge in [-0.2, -0.15) is 13.2 Å². The van der Waals surface area contributed by atoms with E-state index in [9.17, 15) is 22.9 Å². The molecule has 2 heterocycles. The minimum Gasteiger partial charge on any atom is -0.490 e. The number of rotatable bonds is 7. The summed E-state index contributed by atoms with van der Waals surface area (Å²) in [5, 5.41) is 2.45. The number of anilines is 1. The summed E-state index contributed by atoms with van der Waals surface area (Å²) >= 11 is 0. The topological polar surface area (TPSA) is 65.5 Å². The van der Waals surface area contributed by atoms with Gasteiger partial charge in [-0.3, -0.25) is 9.69 Å². The molecule has 2 fully saturated rings. The number of nitroso groups, excluding NO2 is 1. The molecule has 2 aromatic rings. The highest BCUT2D eigenvalue weighted by Crippen LogP contribution is 2.38. The number of likely N-dealkylation sites (tertiary alicyclic amines) is 1. The standard InChI is InChI=1S/C25H29F3N4O3/c26-25(27,28)22-18-21(6-7-23(22)29-34)35-20-8-12-32(13-9-20)24(33)10-11-30-14-16-31(17-15-30)19-4-2-1-3-5-19/h1-7,18,20H,8-17H2. The van der Waals surface area contributed by atoms with E-state index in [1.54, 1.807) is 4.90 Å². The highest BCUT2D eigenvalue weighted by molar-refractivity contribution is 5.76. The lowest BCUT2D eigenvalue weighted by molar-refractivity contribution is -0.137. The van der Waals surface area contributed by atoms with E-state index in [0.29, 0.717) is 32.4 Å². The van der Waals surface area contributed by atoms with Gasteiger partial charge >= 0.3 is 6.18 Å². The van der Waals surface area contributed by atoms with Crippen molar-refractivity contribution in [3.63, 3.8) is 0 Å². The van der Waals surface area contributed by atoms with Crippen LogP contribution in [0.4, 0.5) is 24.5 Å².